The minimum Gasteiger partial charge on any atom is -0.314 e. The molecule has 1 atom stereocenters. The third-order valence-electron chi connectivity index (χ3n) is 3.35. The van der Waals surface area contributed by atoms with Crippen molar-refractivity contribution in [2.45, 2.75) is 32.2 Å². The third-order valence-corrected chi connectivity index (χ3v) is 3.70. The Morgan fingerprint density at radius 1 is 1.30 bits per heavy atom. The number of nitrogens with one attached hydrogen (secondary N) is 1. The molecule has 0 saturated carbocycles. The Balaban J connectivity index is 2.21. The van der Waals surface area contributed by atoms with Crippen molar-refractivity contribution in [2.24, 2.45) is 7.05 Å². The summed E-state index contributed by atoms with van der Waals surface area (Å²) in [6.45, 7) is 5.16. The van der Waals surface area contributed by atoms with Crippen LogP contribution in [-0.4, -0.2) is 27.4 Å². The smallest absolute Gasteiger partial charge is 0.138 e. The Bertz CT molecular complexity index is 550. The van der Waals surface area contributed by atoms with Crippen LogP contribution < -0.4 is 5.32 Å². The van der Waals surface area contributed by atoms with Gasteiger partial charge in [-0.15, -0.1) is 0 Å². The number of aryl methyl sites for hydroxylation is 1. The highest BCUT2D eigenvalue weighted by Crippen LogP contribution is 2.26. The summed E-state index contributed by atoms with van der Waals surface area (Å²) in [4.78, 5) is 4.32. The molecule has 0 fully saturated rings. The lowest BCUT2D eigenvalue weighted by Crippen LogP contribution is -2.29. The molecule has 2 aromatic rings. The molecule has 0 saturated heterocycles. The molecule has 108 valence electrons. The van der Waals surface area contributed by atoms with E-state index in [0.29, 0.717) is 6.04 Å². The van der Waals surface area contributed by atoms with Crippen molar-refractivity contribution < 1.29 is 0 Å². The van der Waals surface area contributed by atoms with Gasteiger partial charge in [-0.3, -0.25) is 4.68 Å². The van der Waals surface area contributed by atoms with Crippen LogP contribution in [0.1, 0.15) is 31.2 Å². The van der Waals surface area contributed by atoms with E-state index < -0.39 is 0 Å². The quantitative estimate of drug-likeness (QED) is 0.890. The summed E-state index contributed by atoms with van der Waals surface area (Å²) >= 11 is 6.34. The van der Waals surface area contributed by atoms with E-state index in [-0.39, 0.29) is 5.92 Å². The first-order valence-corrected chi connectivity index (χ1v) is 7.26. The third kappa shape index (κ3) is 3.81. The van der Waals surface area contributed by atoms with Gasteiger partial charge in [-0.2, -0.15) is 5.10 Å². The molecule has 1 aromatic heterocycles. The highest BCUT2D eigenvalue weighted by atomic mass is 35.5. The molecule has 20 heavy (non-hydrogen) atoms. The zero-order valence-corrected chi connectivity index (χ0v) is 12.9. The molecule has 2 rings (SSSR count). The molecule has 4 nitrogen and oxygen atoms in total. The summed E-state index contributed by atoms with van der Waals surface area (Å²) in [5.41, 5.74) is 1.16. The van der Waals surface area contributed by atoms with Gasteiger partial charge in [0.25, 0.3) is 0 Å². The summed E-state index contributed by atoms with van der Waals surface area (Å²) < 4.78 is 1.82. The van der Waals surface area contributed by atoms with E-state index >= 15 is 0 Å². The Morgan fingerprint density at radius 3 is 2.65 bits per heavy atom. The van der Waals surface area contributed by atoms with E-state index in [1.54, 1.807) is 6.33 Å². The SMILES string of the molecule is CC(C)NCC(Cc1ncnn1C)c1ccccc1Cl. The molecule has 5 heteroatoms. The largest absolute Gasteiger partial charge is 0.314 e. The molecule has 0 aliphatic rings. The Kier molecular flexibility index (Phi) is 5.15. The van der Waals surface area contributed by atoms with Crippen LogP contribution in [0.2, 0.25) is 5.02 Å². The zero-order valence-electron chi connectivity index (χ0n) is 12.2. The van der Waals surface area contributed by atoms with Crippen molar-refractivity contribution >= 4 is 11.6 Å². The van der Waals surface area contributed by atoms with E-state index in [2.05, 4.69) is 35.3 Å². The minimum atomic E-state index is 0.286. The molecule has 1 heterocycles. The molecule has 0 aliphatic carbocycles. The maximum Gasteiger partial charge on any atom is 0.138 e. The van der Waals surface area contributed by atoms with Crippen molar-refractivity contribution in [3.8, 4) is 0 Å². The van der Waals surface area contributed by atoms with Gasteiger partial charge in [0.2, 0.25) is 0 Å². The number of hydrogen-bond donors (Lipinski definition) is 1. The number of benzene rings is 1. The van der Waals surface area contributed by atoms with Crippen LogP contribution in [0.15, 0.2) is 30.6 Å². The lowest BCUT2D eigenvalue weighted by Gasteiger charge is -2.20. The molecule has 1 N–H and O–H groups in total. The average Bonchev–Trinajstić information content (AvgIpc) is 2.81. The summed E-state index contributed by atoms with van der Waals surface area (Å²) in [6.07, 6.45) is 2.41. The van der Waals surface area contributed by atoms with Crippen LogP contribution in [0.4, 0.5) is 0 Å². The molecule has 1 unspecified atom stereocenters. The number of halogens is 1. The van der Waals surface area contributed by atoms with Crippen molar-refractivity contribution in [1.29, 1.82) is 0 Å². The second kappa shape index (κ2) is 6.86. The van der Waals surface area contributed by atoms with Crippen LogP contribution in [0.5, 0.6) is 0 Å². The normalized spacial score (nSPS) is 12.8. The number of nitrogens with zero attached hydrogens (tertiary/aromatic N) is 3. The topological polar surface area (TPSA) is 42.7 Å². The van der Waals surface area contributed by atoms with Gasteiger partial charge in [-0.05, 0) is 11.6 Å². The Morgan fingerprint density at radius 2 is 2.05 bits per heavy atom. The van der Waals surface area contributed by atoms with Gasteiger partial charge in [-0.1, -0.05) is 43.6 Å². The van der Waals surface area contributed by atoms with E-state index in [1.165, 1.54) is 0 Å². The fourth-order valence-electron chi connectivity index (χ4n) is 2.20. The number of aromatic nitrogens is 3. The molecule has 0 amide bonds. The standard InChI is InChI=1S/C15H21ClN4/c1-11(2)17-9-12(8-15-18-10-19-20(15)3)13-6-4-5-7-14(13)16/h4-7,10-12,17H,8-9H2,1-3H3. The van der Waals surface area contributed by atoms with Gasteiger partial charge in [0.05, 0.1) is 0 Å². The van der Waals surface area contributed by atoms with E-state index in [4.69, 9.17) is 11.6 Å². The number of hydrogen-bond acceptors (Lipinski definition) is 3. The lowest BCUT2D eigenvalue weighted by atomic mass is 9.95. The molecular weight excluding hydrogens is 272 g/mol. The summed E-state index contributed by atoms with van der Waals surface area (Å²) in [6, 6.07) is 8.46. The highest BCUT2D eigenvalue weighted by molar-refractivity contribution is 6.31. The van der Waals surface area contributed by atoms with Crippen LogP contribution in [-0.2, 0) is 13.5 Å². The van der Waals surface area contributed by atoms with Crippen LogP contribution >= 0.6 is 11.6 Å². The van der Waals surface area contributed by atoms with Crippen molar-refractivity contribution in [3.05, 3.63) is 47.0 Å². The van der Waals surface area contributed by atoms with Gasteiger partial charge >= 0.3 is 0 Å². The monoisotopic (exact) mass is 292 g/mol. The van der Waals surface area contributed by atoms with Gasteiger partial charge in [0.15, 0.2) is 0 Å². The van der Waals surface area contributed by atoms with E-state index in [1.807, 2.05) is 29.9 Å². The fraction of sp³-hybridized carbons (Fsp3) is 0.467. The first-order valence-electron chi connectivity index (χ1n) is 6.88. The van der Waals surface area contributed by atoms with Crippen LogP contribution in [0, 0.1) is 0 Å². The second-order valence-electron chi connectivity index (χ2n) is 5.29. The minimum absolute atomic E-state index is 0.286. The second-order valence-corrected chi connectivity index (χ2v) is 5.69. The predicted molar refractivity (Wildman–Crippen MR) is 82.0 cm³/mol. The van der Waals surface area contributed by atoms with Crippen LogP contribution in [0.3, 0.4) is 0 Å². The van der Waals surface area contributed by atoms with E-state index in [9.17, 15) is 0 Å². The molecule has 0 spiro atoms. The Hall–Kier alpha value is -1.39. The molecule has 0 bridgehead atoms. The summed E-state index contributed by atoms with van der Waals surface area (Å²) in [5, 5.41) is 8.43. The van der Waals surface area contributed by atoms with Crippen LogP contribution in [0.25, 0.3) is 0 Å². The predicted octanol–water partition coefficient (Wildman–Crippen LogP) is 2.79. The van der Waals surface area contributed by atoms with Crippen molar-refractivity contribution in [3.63, 3.8) is 0 Å². The number of rotatable bonds is 6. The van der Waals surface area contributed by atoms with Crippen molar-refractivity contribution in [2.75, 3.05) is 6.54 Å². The first kappa shape index (κ1) is 15.0. The molecule has 0 aliphatic heterocycles. The maximum absolute atomic E-state index is 6.34. The zero-order chi connectivity index (χ0) is 14.5. The highest BCUT2D eigenvalue weighted by Gasteiger charge is 2.17. The van der Waals surface area contributed by atoms with E-state index in [0.717, 1.165) is 29.4 Å². The summed E-state index contributed by atoms with van der Waals surface area (Å²) in [5.74, 6) is 1.26. The average molecular weight is 293 g/mol. The lowest BCUT2D eigenvalue weighted by molar-refractivity contribution is 0.513. The van der Waals surface area contributed by atoms with Crippen molar-refractivity contribution in [1.82, 2.24) is 20.1 Å². The van der Waals surface area contributed by atoms with Gasteiger partial charge in [0.1, 0.15) is 12.2 Å². The maximum atomic E-state index is 6.34. The summed E-state index contributed by atoms with van der Waals surface area (Å²) in [7, 11) is 1.92. The first-order chi connectivity index (χ1) is 9.58. The molecule has 0 radical (unpaired) electrons. The van der Waals surface area contributed by atoms with Gasteiger partial charge in [-0.25, -0.2) is 4.98 Å². The van der Waals surface area contributed by atoms with Gasteiger partial charge < -0.3 is 5.32 Å². The molecule has 1 aromatic carbocycles. The molecular formula is C15H21ClN4. The fourth-order valence-corrected chi connectivity index (χ4v) is 2.49. The van der Waals surface area contributed by atoms with Gasteiger partial charge in [0, 0.05) is 37.0 Å². The Labute approximate surface area is 125 Å².